The number of aromatic nitrogens is 2. The number of anilines is 1. The van der Waals surface area contributed by atoms with Crippen molar-refractivity contribution in [2.45, 2.75) is 0 Å². The molecule has 17 heavy (non-hydrogen) atoms. The zero-order valence-corrected chi connectivity index (χ0v) is 10.3. The van der Waals surface area contributed by atoms with Crippen LogP contribution in [-0.4, -0.2) is 27.7 Å². The predicted octanol–water partition coefficient (Wildman–Crippen LogP) is 1.50. The summed E-state index contributed by atoms with van der Waals surface area (Å²) in [5.74, 6) is -0.000863. The molecule has 0 spiro atoms. The highest BCUT2D eigenvalue weighted by atomic mass is 35.5. The fourth-order valence-corrected chi connectivity index (χ4v) is 2.39. The molecule has 2 aromatic rings. The maximum absolute atomic E-state index is 11.9. The van der Waals surface area contributed by atoms with Crippen molar-refractivity contribution in [3.8, 4) is 0 Å². The molecule has 2 heterocycles. The topological polar surface area (TPSA) is 66.9 Å². The van der Waals surface area contributed by atoms with Gasteiger partial charge in [-0.3, -0.25) is 4.79 Å². The summed E-state index contributed by atoms with van der Waals surface area (Å²) in [4.78, 5) is 11.9. The highest BCUT2D eigenvalue weighted by molar-refractivity contribution is 7.00. The van der Waals surface area contributed by atoms with E-state index in [0.717, 1.165) is 30.3 Å². The van der Waals surface area contributed by atoms with E-state index in [-0.39, 0.29) is 11.8 Å². The summed E-state index contributed by atoms with van der Waals surface area (Å²) in [6, 6.07) is 3.52. The third-order valence-corrected chi connectivity index (χ3v) is 3.64. The molecule has 1 aromatic heterocycles. The average Bonchev–Trinajstić information content (AvgIpc) is 2.67. The van der Waals surface area contributed by atoms with E-state index in [1.54, 1.807) is 12.1 Å². The molecule has 0 atom stereocenters. The molecule has 1 saturated heterocycles. The van der Waals surface area contributed by atoms with Gasteiger partial charge in [0.1, 0.15) is 11.0 Å². The number of nitrogens with zero attached hydrogens (tertiary/aromatic N) is 2. The Hall–Kier alpha value is -1.24. The van der Waals surface area contributed by atoms with Crippen LogP contribution in [0.4, 0.5) is 5.69 Å². The molecular weight excluding hydrogens is 260 g/mol. The standard InChI is InChI=1S/C10H9ClN4OS/c11-6-1-2-7-9(15-17-14-7)8(6)13-10(16)5-3-12-4-5/h1-2,5,12H,3-4H2,(H,13,16). The van der Waals surface area contributed by atoms with Gasteiger partial charge in [0, 0.05) is 13.1 Å². The van der Waals surface area contributed by atoms with Crippen LogP contribution < -0.4 is 10.6 Å². The Morgan fingerprint density at radius 2 is 2.29 bits per heavy atom. The molecular formula is C10H9ClN4OS. The number of rotatable bonds is 2. The van der Waals surface area contributed by atoms with Gasteiger partial charge in [-0.1, -0.05) is 11.6 Å². The first kappa shape index (κ1) is 10.9. The maximum atomic E-state index is 11.9. The molecule has 0 bridgehead atoms. The summed E-state index contributed by atoms with van der Waals surface area (Å²) >= 11 is 7.19. The van der Waals surface area contributed by atoms with Gasteiger partial charge in [0.25, 0.3) is 0 Å². The summed E-state index contributed by atoms with van der Waals surface area (Å²) in [6.07, 6.45) is 0. The van der Waals surface area contributed by atoms with Crippen LogP contribution in [-0.2, 0) is 4.79 Å². The number of benzene rings is 1. The molecule has 2 N–H and O–H groups in total. The van der Waals surface area contributed by atoms with Crippen molar-refractivity contribution >= 4 is 46.0 Å². The van der Waals surface area contributed by atoms with Gasteiger partial charge in [-0.05, 0) is 12.1 Å². The van der Waals surface area contributed by atoms with Gasteiger partial charge in [0.2, 0.25) is 5.91 Å². The number of halogens is 1. The largest absolute Gasteiger partial charge is 0.323 e. The van der Waals surface area contributed by atoms with Crippen LogP contribution in [0.15, 0.2) is 12.1 Å². The van der Waals surface area contributed by atoms with E-state index >= 15 is 0 Å². The molecule has 1 aromatic carbocycles. The number of carbonyl (C=O) groups excluding carboxylic acids is 1. The Labute approximate surface area is 106 Å². The smallest absolute Gasteiger partial charge is 0.230 e. The first-order valence-corrected chi connectivity index (χ1v) is 6.29. The maximum Gasteiger partial charge on any atom is 0.230 e. The second kappa shape index (κ2) is 4.21. The van der Waals surface area contributed by atoms with Crippen molar-refractivity contribution < 1.29 is 4.79 Å². The fraction of sp³-hybridized carbons (Fsp3) is 0.300. The monoisotopic (exact) mass is 268 g/mol. The van der Waals surface area contributed by atoms with Crippen LogP contribution in [0.5, 0.6) is 0 Å². The molecule has 1 aliphatic rings. The van der Waals surface area contributed by atoms with E-state index in [1.165, 1.54) is 0 Å². The van der Waals surface area contributed by atoms with Crippen LogP contribution in [0.2, 0.25) is 5.02 Å². The van der Waals surface area contributed by atoms with E-state index in [1.807, 2.05) is 0 Å². The first-order chi connectivity index (χ1) is 8.25. The average molecular weight is 269 g/mol. The van der Waals surface area contributed by atoms with Crippen molar-refractivity contribution in [1.29, 1.82) is 0 Å². The van der Waals surface area contributed by atoms with Crippen molar-refractivity contribution in [1.82, 2.24) is 14.1 Å². The lowest BCUT2D eigenvalue weighted by Gasteiger charge is -2.25. The van der Waals surface area contributed by atoms with Crippen LogP contribution in [0, 0.1) is 5.92 Å². The third-order valence-electron chi connectivity index (χ3n) is 2.78. The zero-order valence-electron chi connectivity index (χ0n) is 8.74. The van der Waals surface area contributed by atoms with Gasteiger partial charge in [-0.15, -0.1) is 0 Å². The van der Waals surface area contributed by atoms with E-state index in [4.69, 9.17) is 11.6 Å². The lowest BCUT2D eigenvalue weighted by Crippen LogP contribution is -2.48. The zero-order chi connectivity index (χ0) is 11.8. The molecule has 0 unspecified atom stereocenters. The Balaban J connectivity index is 1.95. The second-order valence-electron chi connectivity index (χ2n) is 3.90. The summed E-state index contributed by atoms with van der Waals surface area (Å²) < 4.78 is 8.27. The minimum atomic E-state index is -0.0221. The number of hydrogen-bond donors (Lipinski definition) is 2. The Kier molecular flexibility index (Phi) is 2.70. The van der Waals surface area contributed by atoms with Gasteiger partial charge in [-0.2, -0.15) is 8.75 Å². The number of hydrogen-bond acceptors (Lipinski definition) is 5. The van der Waals surface area contributed by atoms with Gasteiger partial charge in [0.05, 0.1) is 28.4 Å². The fourth-order valence-electron chi connectivity index (χ4n) is 1.65. The first-order valence-electron chi connectivity index (χ1n) is 5.18. The Morgan fingerprint density at radius 1 is 1.47 bits per heavy atom. The summed E-state index contributed by atoms with van der Waals surface area (Å²) in [5.41, 5.74) is 1.97. The van der Waals surface area contributed by atoms with Crippen molar-refractivity contribution in [3.63, 3.8) is 0 Å². The van der Waals surface area contributed by atoms with Crippen LogP contribution in [0.1, 0.15) is 0 Å². The molecule has 0 aliphatic carbocycles. The summed E-state index contributed by atoms with van der Waals surface area (Å²) in [5, 5.41) is 6.38. The molecule has 1 amide bonds. The van der Waals surface area contributed by atoms with Crippen LogP contribution in [0.3, 0.4) is 0 Å². The van der Waals surface area contributed by atoms with Crippen LogP contribution in [0.25, 0.3) is 11.0 Å². The number of fused-ring (bicyclic) bond motifs is 1. The molecule has 88 valence electrons. The molecule has 3 rings (SSSR count). The summed E-state index contributed by atoms with van der Waals surface area (Å²) in [7, 11) is 0. The van der Waals surface area contributed by atoms with Crippen LogP contribution >= 0.6 is 23.3 Å². The molecule has 7 heteroatoms. The van der Waals surface area contributed by atoms with E-state index in [9.17, 15) is 4.79 Å². The molecule has 1 aliphatic heterocycles. The number of amides is 1. The minimum Gasteiger partial charge on any atom is -0.323 e. The number of carbonyl (C=O) groups is 1. The van der Waals surface area contributed by atoms with Gasteiger partial charge in [-0.25, -0.2) is 0 Å². The lowest BCUT2D eigenvalue weighted by atomic mass is 10.0. The molecule has 5 nitrogen and oxygen atoms in total. The molecule has 1 fully saturated rings. The van der Waals surface area contributed by atoms with Crippen molar-refractivity contribution in [3.05, 3.63) is 17.2 Å². The van der Waals surface area contributed by atoms with Crippen molar-refractivity contribution in [2.75, 3.05) is 18.4 Å². The molecule has 0 radical (unpaired) electrons. The third kappa shape index (κ3) is 1.88. The minimum absolute atomic E-state index is 0.0212. The van der Waals surface area contributed by atoms with E-state index in [0.29, 0.717) is 16.2 Å². The van der Waals surface area contributed by atoms with E-state index in [2.05, 4.69) is 19.4 Å². The Bertz CT molecular complexity index is 581. The number of nitrogens with one attached hydrogen (secondary N) is 2. The second-order valence-corrected chi connectivity index (χ2v) is 4.83. The van der Waals surface area contributed by atoms with Gasteiger partial charge in [0.15, 0.2) is 0 Å². The highest BCUT2D eigenvalue weighted by Crippen LogP contribution is 2.30. The highest BCUT2D eigenvalue weighted by Gasteiger charge is 2.26. The normalized spacial score (nSPS) is 15.8. The summed E-state index contributed by atoms with van der Waals surface area (Å²) in [6.45, 7) is 1.43. The van der Waals surface area contributed by atoms with Gasteiger partial charge >= 0.3 is 0 Å². The van der Waals surface area contributed by atoms with E-state index < -0.39 is 0 Å². The SMILES string of the molecule is O=C(Nc1c(Cl)ccc2nsnc12)C1CNC1. The van der Waals surface area contributed by atoms with Crippen molar-refractivity contribution in [2.24, 2.45) is 5.92 Å². The predicted molar refractivity (Wildman–Crippen MR) is 67.4 cm³/mol. The lowest BCUT2D eigenvalue weighted by molar-refractivity contribution is -0.121. The quantitative estimate of drug-likeness (QED) is 0.866. The molecule has 0 saturated carbocycles. The van der Waals surface area contributed by atoms with Gasteiger partial charge < -0.3 is 10.6 Å². The Morgan fingerprint density at radius 3 is 3.00 bits per heavy atom.